The number of hydrogen-bond donors (Lipinski definition) is 1. The average Bonchev–Trinajstić information content (AvgIpc) is 2.89. The number of amides is 2. The second-order valence-corrected chi connectivity index (χ2v) is 14.4. The minimum absolute atomic E-state index is 0.0169. The minimum Gasteiger partial charge on any atom is -0.350 e. The maximum absolute atomic E-state index is 14.2. The van der Waals surface area contributed by atoms with E-state index in [-0.39, 0.29) is 39.5 Å². The van der Waals surface area contributed by atoms with Crippen LogP contribution in [0.3, 0.4) is 0 Å². The maximum atomic E-state index is 14.2. The summed E-state index contributed by atoms with van der Waals surface area (Å²) in [5, 5.41) is 3.98. The Balaban J connectivity index is 2.12. The van der Waals surface area contributed by atoms with E-state index in [0.717, 1.165) is 9.87 Å². The van der Waals surface area contributed by atoms with Crippen molar-refractivity contribution in [1.29, 1.82) is 0 Å². The Morgan fingerprint density at radius 1 is 0.881 bits per heavy atom. The number of halogens is 4. The van der Waals surface area contributed by atoms with Crippen molar-refractivity contribution in [3.8, 4) is 0 Å². The summed E-state index contributed by atoms with van der Waals surface area (Å²) in [6.07, 6.45) is 0.260. The van der Waals surface area contributed by atoms with Gasteiger partial charge in [0.1, 0.15) is 12.6 Å². The normalized spacial score (nSPS) is 12.5. The lowest BCUT2D eigenvalue weighted by Gasteiger charge is -2.35. The van der Waals surface area contributed by atoms with Gasteiger partial charge in [-0.2, -0.15) is 0 Å². The van der Waals surface area contributed by atoms with Crippen molar-refractivity contribution < 1.29 is 18.0 Å². The lowest BCUT2D eigenvalue weighted by molar-refractivity contribution is -0.141. The predicted octanol–water partition coefficient (Wildman–Crippen LogP) is 7.53. The summed E-state index contributed by atoms with van der Waals surface area (Å²) in [5.74, 6) is -1.01. The topological polar surface area (TPSA) is 86.8 Å². The molecule has 2 amide bonds. The van der Waals surface area contributed by atoms with Crippen LogP contribution in [0.5, 0.6) is 0 Å². The van der Waals surface area contributed by atoms with Gasteiger partial charge >= 0.3 is 0 Å². The quantitative estimate of drug-likeness (QED) is 0.241. The summed E-state index contributed by atoms with van der Waals surface area (Å²) in [6.45, 7) is 8.42. The number of carbonyl (C=O) groups is 2. The zero-order chi connectivity index (χ0) is 31.4. The first-order chi connectivity index (χ1) is 19.5. The van der Waals surface area contributed by atoms with Crippen LogP contribution < -0.4 is 9.62 Å². The number of hydrogen-bond acceptors (Lipinski definition) is 4. The third kappa shape index (κ3) is 8.54. The highest BCUT2D eigenvalue weighted by atomic mass is 35.5. The predicted molar refractivity (Wildman–Crippen MR) is 171 cm³/mol. The molecule has 0 heterocycles. The van der Waals surface area contributed by atoms with Crippen LogP contribution in [-0.4, -0.2) is 43.3 Å². The Bertz CT molecular complexity index is 1560. The molecule has 0 aliphatic carbocycles. The highest BCUT2D eigenvalue weighted by Crippen LogP contribution is 2.31. The molecule has 226 valence electrons. The number of benzene rings is 3. The summed E-state index contributed by atoms with van der Waals surface area (Å²) in [5.41, 5.74) is 0.972. The van der Waals surface area contributed by atoms with Gasteiger partial charge in [-0.15, -0.1) is 0 Å². The lowest BCUT2D eigenvalue weighted by atomic mass is 10.1. The summed E-state index contributed by atoms with van der Waals surface area (Å²) < 4.78 is 28.9. The van der Waals surface area contributed by atoms with Crippen LogP contribution in [0.25, 0.3) is 0 Å². The average molecular weight is 673 g/mol. The SMILES string of the molecule is CC[C@H](C(=O)NC(C)(C)C)N(Cc1ccc(Cl)cc1Cl)C(=O)CN(c1ccc(Cl)c(Cl)c1)S(=O)(=O)c1ccc(C)cc1. The number of sulfonamides is 1. The Morgan fingerprint density at radius 2 is 1.52 bits per heavy atom. The first-order valence-corrected chi connectivity index (χ1v) is 16.1. The van der Waals surface area contributed by atoms with Gasteiger partial charge in [-0.25, -0.2) is 8.42 Å². The Hall–Kier alpha value is -2.49. The summed E-state index contributed by atoms with van der Waals surface area (Å²) in [7, 11) is -4.26. The standard InChI is InChI=1S/C30H33Cl4N3O4S/c1-6-27(29(39)35-30(3,4)5)36(17-20-9-10-21(31)15-25(20)33)28(38)18-37(22-11-14-24(32)26(34)16-22)42(40,41)23-12-7-19(2)8-13-23/h7-16,27H,6,17-18H2,1-5H3,(H,35,39)/t27-/m1/s1. The van der Waals surface area contributed by atoms with E-state index in [9.17, 15) is 18.0 Å². The van der Waals surface area contributed by atoms with Gasteiger partial charge in [-0.3, -0.25) is 13.9 Å². The van der Waals surface area contributed by atoms with Crippen molar-refractivity contribution in [2.75, 3.05) is 10.8 Å². The molecule has 42 heavy (non-hydrogen) atoms. The third-order valence-electron chi connectivity index (χ3n) is 6.32. The Kier molecular flexibility index (Phi) is 11.2. The molecule has 0 fully saturated rings. The monoisotopic (exact) mass is 671 g/mol. The molecule has 0 aliphatic heterocycles. The molecule has 3 aromatic carbocycles. The number of nitrogens with one attached hydrogen (secondary N) is 1. The van der Waals surface area contributed by atoms with E-state index in [1.165, 1.54) is 35.2 Å². The minimum atomic E-state index is -4.26. The summed E-state index contributed by atoms with van der Waals surface area (Å²) in [4.78, 5) is 28.9. The maximum Gasteiger partial charge on any atom is 0.264 e. The van der Waals surface area contributed by atoms with Crippen molar-refractivity contribution in [3.05, 3.63) is 91.9 Å². The second-order valence-electron chi connectivity index (χ2n) is 10.8. The van der Waals surface area contributed by atoms with E-state index in [4.69, 9.17) is 46.4 Å². The van der Waals surface area contributed by atoms with Crippen molar-refractivity contribution in [1.82, 2.24) is 10.2 Å². The first-order valence-electron chi connectivity index (χ1n) is 13.1. The molecule has 1 N–H and O–H groups in total. The number of anilines is 1. The van der Waals surface area contributed by atoms with Crippen molar-refractivity contribution in [2.45, 2.75) is 64.1 Å². The molecule has 0 saturated heterocycles. The van der Waals surface area contributed by atoms with Crippen LogP contribution in [0, 0.1) is 6.92 Å². The van der Waals surface area contributed by atoms with Crippen LogP contribution in [0.4, 0.5) is 5.69 Å². The van der Waals surface area contributed by atoms with Crippen LogP contribution in [0.2, 0.25) is 20.1 Å². The van der Waals surface area contributed by atoms with Crippen molar-refractivity contribution >= 4 is 73.9 Å². The molecular weight excluding hydrogens is 640 g/mol. The van der Waals surface area contributed by atoms with Gasteiger partial charge in [-0.05, 0) is 82.1 Å². The molecule has 0 radical (unpaired) electrons. The van der Waals surface area contributed by atoms with Crippen molar-refractivity contribution in [2.24, 2.45) is 0 Å². The van der Waals surface area contributed by atoms with Crippen LogP contribution in [0.15, 0.2) is 65.6 Å². The zero-order valence-electron chi connectivity index (χ0n) is 23.9. The van der Waals surface area contributed by atoms with Crippen LogP contribution >= 0.6 is 46.4 Å². The van der Waals surface area contributed by atoms with E-state index < -0.39 is 34.1 Å². The summed E-state index contributed by atoms with van der Waals surface area (Å²) in [6, 6.07) is 14.5. The van der Waals surface area contributed by atoms with Gasteiger partial charge in [0.2, 0.25) is 11.8 Å². The van der Waals surface area contributed by atoms with Crippen molar-refractivity contribution in [3.63, 3.8) is 0 Å². The van der Waals surface area contributed by atoms with E-state index >= 15 is 0 Å². The van der Waals surface area contributed by atoms with Gasteiger partial charge in [0, 0.05) is 22.1 Å². The molecule has 0 aromatic heterocycles. The lowest BCUT2D eigenvalue weighted by Crippen LogP contribution is -2.55. The second kappa shape index (κ2) is 13.9. The molecule has 3 rings (SSSR count). The molecule has 0 saturated carbocycles. The highest BCUT2D eigenvalue weighted by Gasteiger charge is 2.35. The molecule has 12 heteroatoms. The van der Waals surface area contributed by atoms with Gasteiger partial charge in [0.15, 0.2) is 0 Å². The van der Waals surface area contributed by atoms with Gasteiger partial charge < -0.3 is 10.2 Å². The van der Waals surface area contributed by atoms with E-state index in [1.807, 2.05) is 27.7 Å². The fourth-order valence-electron chi connectivity index (χ4n) is 4.21. The van der Waals surface area contributed by atoms with Crippen LogP contribution in [0.1, 0.15) is 45.2 Å². The molecule has 0 spiro atoms. The summed E-state index contributed by atoms with van der Waals surface area (Å²) >= 11 is 24.9. The molecule has 0 bridgehead atoms. The number of aryl methyl sites for hydroxylation is 1. The Labute approximate surface area is 267 Å². The first kappa shape index (κ1) is 34.0. The smallest absolute Gasteiger partial charge is 0.264 e. The molecule has 0 aliphatic rings. The molecular formula is C30H33Cl4N3O4S. The largest absolute Gasteiger partial charge is 0.350 e. The number of nitrogens with zero attached hydrogens (tertiary/aromatic N) is 2. The molecule has 3 aromatic rings. The van der Waals surface area contributed by atoms with Crippen LogP contribution in [-0.2, 0) is 26.2 Å². The fourth-order valence-corrected chi connectivity index (χ4v) is 6.38. The molecule has 0 unspecified atom stereocenters. The van der Waals surface area contributed by atoms with Gasteiger partial charge in [-0.1, -0.05) is 77.1 Å². The van der Waals surface area contributed by atoms with E-state index in [1.54, 1.807) is 37.3 Å². The molecule has 7 nitrogen and oxygen atoms in total. The van der Waals surface area contributed by atoms with E-state index in [2.05, 4.69) is 5.32 Å². The Morgan fingerprint density at radius 3 is 2.07 bits per heavy atom. The van der Waals surface area contributed by atoms with Gasteiger partial charge in [0.05, 0.1) is 20.6 Å². The highest BCUT2D eigenvalue weighted by molar-refractivity contribution is 7.92. The number of rotatable bonds is 10. The fraction of sp³-hybridized carbons (Fsp3) is 0.333. The molecule has 1 atom stereocenters. The van der Waals surface area contributed by atoms with E-state index in [0.29, 0.717) is 15.6 Å². The van der Waals surface area contributed by atoms with Gasteiger partial charge in [0.25, 0.3) is 10.0 Å². The zero-order valence-corrected chi connectivity index (χ0v) is 27.8. The third-order valence-corrected chi connectivity index (χ3v) is 9.43. The number of carbonyl (C=O) groups excluding carboxylic acids is 2.